The fourth-order valence-corrected chi connectivity index (χ4v) is 1.20. The van der Waals surface area contributed by atoms with Crippen molar-refractivity contribution in [2.75, 3.05) is 0 Å². The van der Waals surface area contributed by atoms with Gasteiger partial charge in [0.15, 0.2) is 0 Å². The molecule has 0 amide bonds. The number of rotatable bonds is 4. The van der Waals surface area contributed by atoms with Crippen LogP contribution in [0.15, 0.2) is 24.5 Å². The first-order chi connectivity index (χ1) is 6.13. The molecule has 1 aromatic rings. The van der Waals surface area contributed by atoms with Crippen LogP contribution in [0.1, 0.15) is 31.4 Å². The van der Waals surface area contributed by atoms with Gasteiger partial charge < -0.3 is 5.73 Å². The summed E-state index contributed by atoms with van der Waals surface area (Å²) in [5.74, 6) is 0. The largest absolute Gasteiger partial charge is 0.324 e. The van der Waals surface area contributed by atoms with Crippen LogP contribution in [0.5, 0.6) is 0 Å². The Morgan fingerprint density at radius 2 is 2.46 bits per heavy atom. The highest BCUT2D eigenvalue weighted by Crippen LogP contribution is 2.18. The third kappa shape index (κ3) is 2.70. The van der Waals surface area contributed by atoms with E-state index < -0.39 is 0 Å². The molecule has 0 aromatic carbocycles. The van der Waals surface area contributed by atoms with E-state index in [1.165, 1.54) is 5.57 Å². The molecular formula is C10H17N3. The van der Waals surface area contributed by atoms with Gasteiger partial charge in [-0.05, 0) is 12.8 Å². The highest BCUT2D eigenvalue weighted by atomic mass is 15.2. The summed E-state index contributed by atoms with van der Waals surface area (Å²) in [6.07, 6.45) is 5.61. The van der Waals surface area contributed by atoms with Crippen molar-refractivity contribution in [3.05, 3.63) is 30.1 Å². The molecule has 1 heterocycles. The van der Waals surface area contributed by atoms with Gasteiger partial charge >= 0.3 is 0 Å². The first kappa shape index (κ1) is 9.99. The summed E-state index contributed by atoms with van der Waals surface area (Å²) in [5.41, 5.74) is 8.24. The van der Waals surface area contributed by atoms with Crippen LogP contribution in [0.2, 0.25) is 0 Å². The zero-order chi connectivity index (χ0) is 9.84. The second-order valence-electron chi connectivity index (χ2n) is 3.36. The van der Waals surface area contributed by atoms with Crippen molar-refractivity contribution in [3.8, 4) is 0 Å². The molecule has 2 N–H and O–H groups in total. The second kappa shape index (κ2) is 4.23. The fourth-order valence-electron chi connectivity index (χ4n) is 1.20. The molecule has 3 nitrogen and oxygen atoms in total. The zero-order valence-electron chi connectivity index (χ0n) is 8.33. The predicted octanol–water partition coefficient (Wildman–Crippen LogP) is 1.78. The van der Waals surface area contributed by atoms with Crippen molar-refractivity contribution >= 4 is 0 Å². The Morgan fingerprint density at radius 1 is 1.77 bits per heavy atom. The lowest BCUT2D eigenvalue weighted by molar-refractivity contribution is 0.698. The van der Waals surface area contributed by atoms with Gasteiger partial charge in [0.05, 0.1) is 6.20 Å². The molecule has 0 fully saturated rings. The monoisotopic (exact) mass is 179 g/mol. The predicted molar refractivity (Wildman–Crippen MR) is 54.2 cm³/mol. The molecule has 0 bridgehead atoms. The summed E-state index contributed by atoms with van der Waals surface area (Å²) >= 11 is 0. The van der Waals surface area contributed by atoms with Crippen LogP contribution in [-0.4, -0.2) is 9.78 Å². The Labute approximate surface area is 79.2 Å². The molecule has 0 aliphatic heterocycles. The lowest BCUT2D eigenvalue weighted by atomic mass is 10.0. The van der Waals surface area contributed by atoms with Crippen LogP contribution in [-0.2, 0) is 7.05 Å². The number of aromatic nitrogens is 2. The zero-order valence-corrected chi connectivity index (χ0v) is 8.33. The Bertz CT molecular complexity index is 288. The lowest BCUT2D eigenvalue weighted by Crippen LogP contribution is -2.10. The number of hydrogen-bond acceptors (Lipinski definition) is 2. The average Bonchev–Trinajstić information content (AvgIpc) is 2.51. The maximum Gasteiger partial charge on any atom is 0.0537 e. The van der Waals surface area contributed by atoms with Gasteiger partial charge in [-0.25, -0.2) is 0 Å². The van der Waals surface area contributed by atoms with Gasteiger partial charge in [0, 0.05) is 24.8 Å². The normalized spacial score (nSPS) is 12.8. The van der Waals surface area contributed by atoms with Gasteiger partial charge in [0.2, 0.25) is 0 Å². The van der Waals surface area contributed by atoms with Crippen molar-refractivity contribution in [2.24, 2.45) is 12.8 Å². The molecule has 0 saturated heterocycles. The standard InChI is InChI=1S/C10H17N3/c1-4-8(2)5-10(11)9-6-12-13(3)7-9/h6-7,10H,2,4-5,11H2,1,3H3. The van der Waals surface area contributed by atoms with Crippen molar-refractivity contribution in [1.82, 2.24) is 9.78 Å². The molecule has 72 valence electrons. The quantitative estimate of drug-likeness (QED) is 0.716. The molecule has 1 atom stereocenters. The van der Waals surface area contributed by atoms with Gasteiger partial charge in [-0.2, -0.15) is 5.10 Å². The van der Waals surface area contributed by atoms with E-state index in [2.05, 4.69) is 18.6 Å². The highest BCUT2D eigenvalue weighted by Gasteiger charge is 2.08. The number of nitrogens with zero attached hydrogens (tertiary/aromatic N) is 2. The van der Waals surface area contributed by atoms with E-state index >= 15 is 0 Å². The first-order valence-corrected chi connectivity index (χ1v) is 4.54. The lowest BCUT2D eigenvalue weighted by Gasteiger charge is -2.09. The van der Waals surface area contributed by atoms with Crippen molar-refractivity contribution < 1.29 is 0 Å². The third-order valence-corrected chi connectivity index (χ3v) is 2.16. The summed E-state index contributed by atoms with van der Waals surface area (Å²) in [4.78, 5) is 0. The minimum absolute atomic E-state index is 0.0427. The molecule has 0 radical (unpaired) electrons. The molecule has 0 saturated carbocycles. The van der Waals surface area contributed by atoms with E-state index in [4.69, 9.17) is 5.73 Å². The van der Waals surface area contributed by atoms with E-state index in [0.717, 1.165) is 18.4 Å². The average molecular weight is 179 g/mol. The fraction of sp³-hybridized carbons (Fsp3) is 0.500. The van der Waals surface area contributed by atoms with Crippen molar-refractivity contribution in [2.45, 2.75) is 25.8 Å². The van der Waals surface area contributed by atoms with Crippen LogP contribution in [0, 0.1) is 0 Å². The van der Waals surface area contributed by atoms with Crippen molar-refractivity contribution in [3.63, 3.8) is 0 Å². The Balaban J connectivity index is 2.58. The van der Waals surface area contributed by atoms with Crippen LogP contribution in [0.25, 0.3) is 0 Å². The second-order valence-corrected chi connectivity index (χ2v) is 3.36. The highest BCUT2D eigenvalue weighted by molar-refractivity contribution is 5.13. The summed E-state index contributed by atoms with van der Waals surface area (Å²) in [5, 5.41) is 4.08. The molecule has 0 aliphatic rings. The maximum absolute atomic E-state index is 5.97. The summed E-state index contributed by atoms with van der Waals surface area (Å²) < 4.78 is 1.77. The molecule has 1 rings (SSSR count). The molecular weight excluding hydrogens is 162 g/mol. The smallest absolute Gasteiger partial charge is 0.0537 e. The van der Waals surface area contributed by atoms with Gasteiger partial charge in [-0.1, -0.05) is 19.1 Å². The SMILES string of the molecule is C=C(CC)CC(N)c1cnn(C)c1. The summed E-state index contributed by atoms with van der Waals surface area (Å²) in [7, 11) is 1.89. The third-order valence-electron chi connectivity index (χ3n) is 2.16. The van der Waals surface area contributed by atoms with Gasteiger partial charge in [0.1, 0.15) is 0 Å². The van der Waals surface area contributed by atoms with Crippen LogP contribution >= 0.6 is 0 Å². The maximum atomic E-state index is 5.97. The Hall–Kier alpha value is -1.09. The summed E-state index contributed by atoms with van der Waals surface area (Å²) in [6.45, 7) is 6.03. The van der Waals surface area contributed by atoms with Gasteiger partial charge in [-0.3, -0.25) is 4.68 Å². The minimum Gasteiger partial charge on any atom is -0.324 e. The number of nitrogens with two attached hydrogens (primary N) is 1. The molecule has 1 unspecified atom stereocenters. The Morgan fingerprint density at radius 3 is 2.92 bits per heavy atom. The number of hydrogen-bond donors (Lipinski definition) is 1. The van der Waals surface area contributed by atoms with Crippen LogP contribution in [0.3, 0.4) is 0 Å². The van der Waals surface area contributed by atoms with Crippen molar-refractivity contribution in [1.29, 1.82) is 0 Å². The molecule has 1 aromatic heterocycles. The molecule has 0 aliphatic carbocycles. The van der Waals surface area contributed by atoms with E-state index in [0.29, 0.717) is 0 Å². The van der Waals surface area contributed by atoms with E-state index in [1.54, 1.807) is 4.68 Å². The molecule has 0 spiro atoms. The molecule has 3 heteroatoms. The van der Waals surface area contributed by atoms with E-state index in [1.807, 2.05) is 19.4 Å². The van der Waals surface area contributed by atoms with E-state index in [-0.39, 0.29) is 6.04 Å². The number of aryl methyl sites for hydroxylation is 1. The van der Waals surface area contributed by atoms with Gasteiger partial charge in [0.25, 0.3) is 0 Å². The minimum atomic E-state index is 0.0427. The topological polar surface area (TPSA) is 43.8 Å². The van der Waals surface area contributed by atoms with Crippen LogP contribution < -0.4 is 5.73 Å². The molecule has 13 heavy (non-hydrogen) atoms. The first-order valence-electron chi connectivity index (χ1n) is 4.54. The Kier molecular flexibility index (Phi) is 3.25. The van der Waals surface area contributed by atoms with Gasteiger partial charge in [-0.15, -0.1) is 0 Å². The summed E-state index contributed by atoms with van der Waals surface area (Å²) in [6, 6.07) is 0.0427. The van der Waals surface area contributed by atoms with E-state index in [9.17, 15) is 0 Å². The van der Waals surface area contributed by atoms with Crippen LogP contribution in [0.4, 0.5) is 0 Å².